The van der Waals surface area contributed by atoms with Crippen molar-refractivity contribution in [2.75, 3.05) is 13.2 Å². The van der Waals surface area contributed by atoms with Crippen LogP contribution in [0.5, 0.6) is 0 Å². The molecular weight excluding hydrogens is 296 g/mol. The SMILES string of the molecule is C=CC(=O)OCCC(CCOC(=O)C=C)(CC(=O)O)C(=O)O. The van der Waals surface area contributed by atoms with Gasteiger partial charge in [-0.3, -0.25) is 9.59 Å². The van der Waals surface area contributed by atoms with Crippen LogP contribution in [0.1, 0.15) is 19.3 Å². The van der Waals surface area contributed by atoms with Gasteiger partial charge in [0, 0.05) is 12.2 Å². The lowest BCUT2D eigenvalue weighted by atomic mass is 9.78. The lowest BCUT2D eigenvalue weighted by Crippen LogP contribution is -2.36. The van der Waals surface area contributed by atoms with Crippen molar-refractivity contribution in [1.82, 2.24) is 0 Å². The third-order valence-electron chi connectivity index (χ3n) is 2.93. The maximum absolute atomic E-state index is 11.5. The Morgan fingerprint density at radius 3 is 1.59 bits per heavy atom. The van der Waals surface area contributed by atoms with Crippen molar-refractivity contribution < 1.29 is 38.9 Å². The monoisotopic (exact) mass is 314 g/mol. The fourth-order valence-electron chi connectivity index (χ4n) is 1.69. The highest BCUT2D eigenvalue weighted by Crippen LogP contribution is 2.32. The van der Waals surface area contributed by atoms with E-state index in [1.165, 1.54) is 0 Å². The van der Waals surface area contributed by atoms with Crippen LogP contribution in [0.4, 0.5) is 0 Å². The molecule has 0 aromatic carbocycles. The molecule has 0 spiro atoms. The van der Waals surface area contributed by atoms with Crippen LogP contribution in [-0.4, -0.2) is 47.3 Å². The molecule has 8 heteroatoms. The number of esters is 2. The average molecular weight is 314 g/mol. The smallest absolute Gasteiger partial charge is 0.330 e. The van der Waals surface area contributed by atoms with E-state index < -0.39 is 35.7 Å². The molecule has 122 valence electrons. The predicted octanol–water partition coefficient (Wildman–Crippen LogP) is 0.771. The summed E-state index contributed by atoms with van der Waals surface area (Å²) in [5, 5.41) is 18.2. The van der Waals surface area contributed by atoms with Gasteiger partial charge in [-0.1, -0.05) is 13.2 Å². The van der Waals surface area contributed by atoms with E-state index in [9.17, 15) is 24.3 Å². The minimum Gasteiger partial charge on any atom is -0.481 e. The highest BCUT2D eigenvalue weighted by Gasteiger charge is 2.41. The standard InChI is InChI=1S/C14H18O8/c1-3-11(17)21-7-5-14(13(19)20,9-10(15)16)6-8-22-12(18)4-2/h3-4H,1-2,5-9H2,(H,15,16)(H,19,20). The van der Waals surface area contributed by atoms with Gasteiger partial charge in [0.1, 0.15) is 0 Å². The minimum absolute atomic E-state index is 0.236. The topological polar surface area (TPSA) is 127 Å². The van der Waals surface area contributed by atoms with E-state index in [-0.39, 0.29) is 26.1 Å². The summed E-state index contributed by atoms with van der Waals surface area (Å²) in [4.78, 5) is 44.3. The van der Waals surface area contributed by atoms with Gasteiger partial charge in [0.25, 0.3) is 0 Å². The molecule has 0 aromatic rings. The Hall–Kier alpha value is -2.64. The van der Waals surface area contributed by atoms with Crippen molar-refractivity contribution in [1.29, 1.82) is 0 Å². The molecule has 0 aliphatic carbocycles. The molecule has 0 rings (SSSR count). The number of hydrogen-bond acceptors (Lipinski definition) is 6. The van der Waals surface area contributed by atoms with Gasteiger partial charge in [0.2, 0.25) is 0 Å². The first kappa shape index (κ1) is 19.4. The molecule has 0 saturated carbocycles. The Morgan fingerprint density at radius 2 is 1.32 bits per heavy atom. The lowest BCUT2D eigenvalue weighted by molar-refractivity contribution is -0.160. The van der Waals surface area contributed by atoms with Gasteiger partial charge in [-0.15, -0.1) is 0 Å². The van der Waals surface area contributed by atoms with Crippen molar-refractivity contribution >= 4 is 23.9 Å². The summed E-state index contributed by atoms with van der Waals surface area (Å²) >= 11 is 0. The van der Waals surface area contributed by atoms with Crippen molar-refractivity contribution in [2.24, 2.45) is 5.41 Å². The van der Waals surface area contributed by atoms with Crippen molar-refractivity contribution in [3.05, 3.63) is 25.3 Å². The van der Waals surface area contributed by atoms with Gasteiger partial charge < -0.3 is 19.7 Å². The molecule has 22 heavy (non-hydrogen) atoms. The van der Waals surface area contributed by atoms with Crippen LogP contribution in [0, 0.1) is 5.41 Å². The van der Waals surface area contributed by atoms with Crippen LogP contribution < -0.4 is 0 Å². The molecule has 0 atom stereocenters. The van der Waals surface area contributed by atoms with Crippen LogP contribution in [0.3, 0.4) is 0 Å². The second-order valence-corrected chi connectivity index (χ2v) is 4.40. The molecule has 0 aliphatic heterocycles. The first-order chi connectivity index (χ1) is 10.3. The molecule has 0 aromatic heterocycles. The molecular formula is C14H18O8. The number of rotatable bonds is 11. The van der Waals surface area contributed by atoms with Crippen LogP contribution in [0.15, 0.2) is 25.3 Å². The van der Waals surface area contributed by atoms with Crippen molar-refractivity contribution in [3.63, 3.8) is 0 Å². The van der Waals surface area contributed by atoms with Crippen LogP contribution in [0.25, 0.3) is 0 Å². The Balaban J connectivity index is 4.90. The summed E-state index contributed by atoms with van der Waals surface area (Å²) in [5.41, 5.74) is -1.71. The van der Waals surface area contributed by atoms with Crippen LogP contribution in [-0.2, 0) is 28.7 Å². The molecule has 0 unspecified atom stereocenters. The zero-order valence-electron chi connectivity index (χ0n) is 11.9. The third kappa shape index (κ3) is 6.69. The van der Waals surface area contributed by atoms with E-state index in [4.69, 9.17) is 5.11 Å². The Kier molecular flexibility index (Phi) is 8.21. The number of aliphatic carboxylic acids is 2. The van der Waals surface area contributed by atoms with Gasteiger partial charge in [-0.2, -0.15) is 0 Å². The van der Waals surface area contributed by atoms with E-state index in [0.29, 0.717) is 0 Å². The molecule has 0 radical (unpaired) electrons. The normalized spacial score (nSPS) is 10.4. The summed E-state index contributed by atoms with van der Waals surface area (Å²) in [7, 11) is 0. The van der Waals surface area contributed by atoms with Gasteiger partial charge >= 0.3 is 23.9 Å². The minimum atomic E-state index is -1.71. The zero-order valence-corrected chi connectivity index (χ0v) is 11.9. The Labute approximate surface area is 127 Å². The molecule has 0 saturated heterocycles. The van der Waals surface area contributed by atoms with Gasteiger partial charge in [-0.25, -0.2) is 9.59 Å². The molecule has 0 aliphatic rings. The molecule has 0 fully saturated rings. The average Bonchev–Trinajstić information content (AvgIpc) is 2.45. The third-order valence-corrected chi connectivity index (χ3v) is 2.93. The maximum Gasteiger partial charge on any atom is 0.330 e. The zero-order chi connectivity index (χ0) is 17.2. The highest BCUT2D eigenvalue weighted by atomic mass is 16.5. The largest absolute Gasteiger partial charge is 0.481 e. The van der Waals surface area contributed by atoms with E-state index >= 15 is 0 Å². The van der Waals surface area contributed by atoms with Gasteiger partial charge in [0.15, 0.2) is 0 Å². The number of hydrogen-bond donors (Lipinski definition) is 2. The molecule has 0 heterocycles. The number of carboxylic acids is 2. The first-order valence-electron chi connectivity index (χ1n) is 6.31. The lowest BCUT2D eigenvalue weighted by Gasteiger charge is -2.27. The fraction of sp³-hybridized carbons (Fsp3) is 0.429. The van der Waals surface area contributed by atoms with Gasteiger partial charge in [-0.05, 0) is 12.8 Å². The Bertz CT molecular complexity index is 439. The summed E-state index contributed by atoms with van der Waals surface area (Å²) in [6, 6.07) is 0. The molecule has 8 nitrogen and oxygen atoms in total. The van der Waals surface area contributed by atoms with Crippen LogP contribution in [0.2, 0.25) is 0 Å². The summed E-state index contributed by atoms with van der Waals surface area (Å²) in [6.45, 7) is 5.79. The molecule has 2 N–H and O–H groups in total. The van der Waals surface area contributed by atoms with Crippen molar-refractivity contribution in [2.45, 2.75) is 19.3 Å². The first-order valence-corrected chi connectivity index (χ1v) is 6.31. The number of carbonyl (C=O) groups excluding carboxylic acids is 2. The maximum atomic E-state index is 11.5. The van der Waals surface area contributed by atoms with E-state index in [1.807, 2.05) is 0 Å². The number of ether oxygens (including phenoxy) is 2. The highest BCUT2D eigenvalue weighted by molar-refractivity contribution is 5.83. The second kappa shape index (κ2) is 9.32. The second-order valence-electron chi connectivity index (χ2n) is 4.40. The van der Waals surface area contributed by atoms with Crippen LogP contribution >= 0.6 is 0 Å². The van der Waals surface area contributed by atoms with Crippen molar-refractivity contribution in [3.8, 4) is 0 Å². The number of carboxylic acid groups (broad SMARTS) is 2. The Morgan fingerprint density at radius 1 is 0.909 bits per heavy atom. The van der Waals surface area contributed by atoms with E-state index in [2.05, 4.69) is 22.6 Å². The summed E-state index contributed by atoms with van der Waals surface area (Å²) in [6.07, 6.45) is 0.649. The van der Waals surface area contributed by atoms with Gasteiger partial charge in [0.05, 0.1) is 25.0 Å². The summed E-state index contributed by atoms with van der Waals surface area (Å²) < 4.78 is 9.38. The summed E-state index contributed by atoms with van der Waals surface area (Å²) in [5.74, 6) is -4.19. The molecule has 0 bridgehead atoms. The molecule has 0 amide bonds. The quantitative estimate of drug-likeness (QED) is 0.423. The predicted molar refractivity (Wildman–Crippen MR) is 73.9 cm³/mol. The van der Waals surface area contributed by atoms with E-state index in [1.54, 1.807) is 0 Å². The van der Waals surface area contributed by atoms with E-state index in [0.717, 1.165) is 12.2 Å². The number of carbonyl (C=O) groups is 4. The fourth-order valence-corrected chi connectivity index (χ4v) is 1.69.